The number of rotatable bonds is 8. The summed E-state index contributed by atoms with van der Waals surface area (Å²) < 4.78 is 11.0. The zero-order chi connectivity index (χ0) is 16.6. The summed E-state index contributed by atoms with van der Waals surface area (Å²) in [6, 6.07) is 7.10. The van der Waals surface area contributed by atoms with Gasteiger partial charge in [0.05, 0.1) is 12.2 Å². The molecule has 22 heavy (non-hydrogen) atoms. The standard InChI is InChI=1S/C17H24N2O3/c1-5-10-17(4,22-7-3)16(20)19-14-8-9-15(21-6-2)13(11-14)12-18/h8-9,11H,5-7,10H2,1-4H3,(H,19,20)/t17-/m1/s1. The second-order valence-corrected chi connectivity index (χ2v) is 5.12. The first kappa shape index (κ1) is 18.0. The van der Waals surface area contributed by atoms with Crippen LogP contribution < -0.4 is 10.1 Å². The third-order valence-electron chi connectivity index (χ3n) is 3.33. The topological polar surface area (TPSA) is 71.3 Å². The highest BCUT2D eigenvalue weighted by atomic mass is 16.5. The minimum atomic E-state index is -0.866. The number of amides is 1. The fraction of sp³-hybridized carbons (Fsp3) is 0.529. The van der Waals surface area contributed by atoms with Crippen molar-refractivity contribution in [2.75, 3.05) is 18.5 Å². The van der Waals surface area contributed by atoms with Gasteiger partial charge >= 0.3 is 0 Å². The summed E-state index contributed by atoms with van der Waals surface area (Å²) in [5.41, 5.74) is 0.0924. The Balaban J connectivity index is 2.94. The Kier molecular flexibility index (Phi) is 6.87. The Labute approximate surface area is 132 Å². The highest BCUT2D eigenvalue weighted by Crippen LogP contribution is 2.25. The SMILES string of the molecule is CCC[C@@](C)(OCC)C(=O)Nc1ccc(OCC)c(C#N)c1. The van der Waals surface area contributed by atoms with Crippen LogP contribution in [0.4, 0.5) is 5.69 Å². The Morgan fingerprint density at radius 1 is 1.32 bits per heavy atom. The van der Waals surface area contributed by atoms with Gasteiger partial charge in [0, 0.05) is 12.3 Å². The van der Waals surface area contributed by atoms with E-state index in [4.69, 9.17) is 14.7 Å². The molecule has 1 aromatic carbocycles. The van der Waals surface area contributed by atoms with Gasteiger partial charge in [-0.2, -0.15) is 5.26 Å². The van der Waals surface area contributed by atoms with Crippen LogP contribution in [0.25, 0.3) is 0 Å². The zero-order valence-corrected chi connectivity index (χ0v) is 13.7. The van der Waals surface area contributed by atoms with Crippen LogP contribution in [0.5, 0.6) is 5.75 Å². The quantitative estimate of drug-likeness (QED) is 0.798. The minimum absolute atomic E-state index is 0.204. The van der Waals surface area contributed by atoms with Crippen molar-refractivity contribution in [1.82, 2.24) is 0 Å². The van der Waals surface area contributed by atoms with E-state index in [9.17, 15) is 4.79 Å². The van der Waals surface area contributed by atoms with Crippen molar-refractivity contribution in [3.05, 3.63) is 23.8 Å². The molecule has 0 unspecified atom stereocenters. The summed E-state index contributed by atoms with van der Waals surface area (Å²) in [6.45, 7) is 8.47. The lowest BCUT2D eigenvalue weighted by atomic mass is 9.99. The van der Waals surface area contributed by atoms with Crippen LogP contribution in [0.1, 0.15) is 46.1 Å². The second kappa shape index (κ2) is 8.40. The Morgan fingerprint density at radius 3 is 2.59 bits per heavy atom. The largest absolute Gasteiger partial charge is 0.492 e. The van der Waals surface area contributed by atoms with E-state index in [1.165, 1.54) is 0 Å². The van der Waals surface area contributed by atoms with Crippen molar-refractivity contribution < 1.29 is 14.3 Å². The summed E-state index contributed by atoms with van der Waals surface area (Å²) in [4.78, 5) is 12.5. The Bertz CT molecular complexity index is 543. The molecule has 0 fully saturated rings. The number of anilines is 1. The number of hydrogen-bond acceptors (Lipinski definition) is 4. The lowest BCUT2D eigenvalue weighted by Gasteiger charge is -2.27. The minimum Gasteiger partial charge on any atom is -0.492 e. The number of benzene rings is 1. The zero-order valence-electron chi connectivity index (χ0n) is 13.7. The van der Waals surface area contributed by atoms with Crippen molar-refractivity contribution in [1.29, 1.82) is 5.26 Å². The lowest BCUT2D eigenvalue weighted by molar-refractivity contribution is -0.139. The summed E-state index contributed by atoms with van der Waals surface area (Å²) in [5, 5.41) is 12.0. The highest BCUT2D eigenvalue weighted by Gasteiger charge is 2.33. The van der Waals surface area contributed by atoms with Crippen molar-refractivity contribution in [3.63, 3.8) is 0 Å². The van der Waals surface area contributed by atoms with Crippen LogP contribution in [0.3, 0.4) is 0 Å². The van der Waals surface area contributed by atoms with E-state index in [-0.39, 0.29) is 5.91 Å². The molecule has 5 nitrogen and oxygen atoms in total. The molecule has 1 aromatic rings. The molecule has 0 saturated heterocycles. The van der Waals surface area contributed by atoms with Gasteiger partial charge in [-0.1, -0.05) is 13.3 Å². The van der Waals surface area contributed by atoms with Crippen LogP contribution >= 0.6 is 0 Å². The molecule has 0 heterocycles. The molecule has 0 aromatic heterocycles. The van der Waals surface area contributed by atoms with Gasteiger partial charge in [0.15, 0.2) is 0 Å². The number of ether oxygens (including phenoxy) is 2. The number of hydrogen-bond donors (Lipinski definition) is 1. The average Bonchev–Trinajstić information content (AvgIpc) is 2.49. The van der Waals surface area contributed by atoms with Crippen molar-refractivity contribution in [2.45, 2.75) is 46.1 Å². The normalized spacial score (nSPS) is 13.0. The maximum Gasteiger partial charge on any atom is 0.256 e. The lowest BCUT2D eigenvalue weighted by Crippen LogP contribution is -2.42. The van der Waals surface area contributed by atoms with Gasteiger partial charge in [-0.15, -0.1) is 0 Å². The van der Waals surface area contributed by atoms with E-state index in [0.717, 1.165) is 6.42 Å². The molecule has 0 radical (unpaired) electrons. The number of carbonyl (C=O) groups is 1. The molecule has 0 aliphatic carbocycles. The predicted octanol–water partition coefficient (Wildman–Crippen LogP) is 3.49. The smallest absolute Gasteiger partial charge is 0.256 e. The molecular formula is C17H24N2O3. The van der Waals surface area contributed by atoms with E-state index in [1.54, 1.807) is 25.1 Å². The third kappa shape index (κ3) is 4.47. The van der Waals surface area contributed by atoms with Gasteiger partial charge in [-0.3, -0.25) is 4.79 Å². The first-order valence-corrected chi connectivity index (χ1v) is 7.63. The van der Waals surface area contributed by atoms with Crippen molar-refractivity contribution in [3.8, 4) is 11.8 Å². The third-order valence-corrected chi connectivity index (χ3v) is 3.33. The monoisotopic (exact) mass is 304 g/mol. The summed E-state index contributed by atoms with van der Waals surface area (Å²) in [7, 11) is 0. The van der Waals surface area contributed by atoms with Gasteiger partial charge in [-0.25, -0.2) is 0 Å². The number of nitrogens with one attached hydrogen (secondary N) is 1. The van der Waals surface area contributed by atoms with Gasteiger partial charge in [0.25, 0.3) is 5.91 Å². The molecule has 1 atom stereocenters. The maximum absolute atomic E-state index is 12.5. The number of carbonyl (C=O) groups excluding carboxylic acids is 1. The predicted molar refractivity (Wildman–Crippen MR) is 85.9 cm³/mol. The molecule has 0 aliphatic heterocycles. The average molecular weight is 304 g/mol. The maximum atomic E-state index is 12.5. The Morgan fingerprint density at radius 2 is 2.05 bits per heavy atom. The fourth-order valence-corrected chi connectivity index (χ4v) is 2.29. The fourth-order valence-electron chi connectivity index (χ4n) is 2.29. The summed E-state index contributed by atoms with van der Waals surface area (Å²) >= 11 is 0. The van der Waals surface area contributed by atoms with Crippen LogP contribution in [0.2, 0.25) is 0 Å². The molecule has 120 valence electrons. The highest BCUT2D eigenvalue weighted by molar-refractivity contribution is 5.97. The van der Waals surface area contributed by atoms with E-state index < -0.39 is 5.60 Å². The Hall–Kier alpha value is -2.06. The summed E-state index contributed by atoms with van der Waals surface area (Å²) in [5.74, 6) is 0.313. The molecule has 5 heteroatoms. The molecule has 0 bridgehead atoms. The van der Waals surface area contributed by atoms with Gasteiger partial charge in [-0.05, 0) is 45.4 Å². The summed E-state index contributed by atoms with van der Waals surface area (Å²) in [6.07, 6.45) is 1.48. The van der Waals surface area contributed by atoms with Crippen LogP contribution in [-0.2, 0) is 9.53 Å². The number of nitrogens with zero attached hydrogens (tertiary/aromatic N) is 1. The van der Waals surface area contributed by atoms with E-state index in [1.807, 2.05) is 20.8 Å². The van der Waals surface area contributed by atoms with Crippen molar-refractivity contribution in [2.24, 2.45) is 0 Å². The van der Waals surface area contributed by atoms with Gasteiger partial charge in [0.2, 0.25) is 0 Å². The van der Waals surface area contributed by atoms with Crippen LogP contribution in [0.15, 0.2) is 18.2 Å². The second-order valence-electron chi connectivity index (χ2n) is 5.12. The van der Waals surface area contributed by atoms with Crippen LogP contribution in [0, 0.1) is 11.3 Å². The van der Waals surface area contributed by atoms with Gasteiger partial charge in [0.1, 0.15) is 17.4 Å². The van der Waals surface area contributed by atoms with Crippen LogP contribution in [-0.4, -0.2) is 24.7 Å². The molecule has 1 rings (SSSR count). The molecule has 0 aliphatic rings. The number of nitriles is 1. The molecule has 0 saturated carbocycles. The molecule has 1 amide bonds. The molecular weight excluding hydrogens is 280 g/mol. The van der Waals surface area contributed by atoms with Crippen molar-refractivity contribution >= 4 is 11.6 Å². The first-order valence-electron chi connectivity index (χ1n) is 7.63. The van der Waals surface area contributed by atoms with E-state index >= 15 is 0 Å². The van der Waals surface area contributed by atoms with E-state index in [2.05, 4.69) is 11.4 Å². The van der Waals surface area contributed by atoms with Gasteiger partial charge < -0.3 is 14.8 Å². The van der Waals surface area contributed by atoms with E-state index in [0.29, 0.717) is 36.6 Å². The molecule has 1 N–H and O–H groups in total. The first-order chi connectivity index (χ1) is 10.5. The molecule has 0 spiro atoms.